The molecule has 4 aromatic carbocycles. The SMILES string of the molecule is CCOc1ccc2oc(-c3ccccc3)c(C(=O)Oc3ccc4c(c3)O/C(=C\c3ccc(Br)cc3)C4=O)c2c1. The number of esters is 1. The molecule has 5 aromatic rings. The lowest BCUT2D eigenvalue weighted by Gasteiger charge is -2.07. The van der Waals surface area contributed by atoms with Gasteiger partial charge in [-0.25, -0.2) is 4.79 Å². The summed E-state index contributed by atoms with van der Waals surface area (Å²) in [7, 11) is 0. The minimum absolute atomic E-state index is 0.200. The fourth-order valence-electron chi connectivity index (χ4n) is 4.43. The molecule has 1 aliphatic rings. The van der Waals surface area contributed by atoms with Crippen LogP contribution in [-0.2, 0) is 0 Å². The number of hydrogen-bond donors (Lipinski definition) is 0. The van der Waals surface area contributed by atoms with E-state index in [2.05, 4.69) is 15.9 Å². The Bertz CT molecular complexity index is 1750. The smallest absolute Gasteiger partial charge is 0.348 e. The number of carbonyl (C=O) groups is 2. The second kappa shape index (κ2) is 10.3. The molecule has 0 spiro atoms. The molecule has 2 heterocycles. The van der Waals surface area contributed by atoms with Crippen LogP contribution in [0, 0.1) is 0 Å². The Balaban J connectivity index is 1.33. The molecule has 0 saturated carbocycles. The third-order valence-electron chi connectivity index (χ3n) is 6.23. The van der Waals surface area contributed by atoms with Crippen LogP contribution in [0.25, 0.3) is 28.4 Å². The molecule has 1 aromatic heterocycles. The first-order valence-corrected chi connectivity index (χ1v) is 13.1. The summed E-state index contributed by atoms with van der Waals surface area (Å²) in [6, 6.07) is 27.0. The number of fused-ring (bicyclic) bond motifs is 2. The second-order valence-electron chi connectivity index (χ2n) is 8.80. The highest BCUT2D eigenvalue weighted by atomic mass is 79.9. The van der Waals surface area contributed by atoms with Crippen molar-refractivity contribution in [3.05, 3.63) is 118 Å². The highest BCUT2D eigenvalue weighted by Gasteiger charge is 2.29. The van der Waals surface area contributed by atoms with Crippen molar-refractivity contribution < 1.29 is 28.2 Å². The fraction of sp³-hybridized carbons (Fsp3) is 0.0625. The molecule has 0 amide bonds. The van der Waals surface area contributed by atoms with Gasteiger partial charge in [-0.15, -0.1) is 0 Å². The standard InChI is InChI=1S/C32H21BrO6/c1-2-36-22-13-15-26-25(17-22)29(31(39-26)20-6-4-3-5-7-20)32(35)37-23-12-14-24-27(18-23)38-28(30(24)34)16-19-8-10-21(33)11-9-19/h3-18H,2H2,1H3/b28-16-. The predicted molar refractivity (Wildman–Crippen MR) is 151 cm³/mol. The van der Waals surface area contributed by atoms with Crippen LogP contribution >= 0.6 is 15.9 Å². The molecule has 0 aliphatic carbocycles. The average molecular weight is 581 g/mol. The Morgan fingerprint density at radius 3 is 2.46 bits per heavy atom. The Morgan fingerprint density at radius 2 is 1.69 bits per heavy atom. The molecule has 0 unspecified atom stereocenters. The van der Waals surface area contributed by atoms with Crippen LogP contribution < -0.4 is 14.2 Å². The first kappa shape index (κ1) is 24.7. The molecule has 7 heteroatoms. The lowest BCUT2D eigenvalue weighted by molar-refractivity contribution is 0.0736. The van der Waals surface area contributed by atoms with E-state index in [9.17, 15) is 9.59 Å². The van der Waals surface area contributed by atoms with Gasteiger partial charge in [0.05, 0.1) is 12.2 Å². The van der Waals surface area contributed by atoms with E-state index in [4.69, 9.17) is 18.6 Å². The summed E-state index contributed by atoms with van der Waals surface area (Å²) in [6.45, 7) is 2.38. The minimum Gasteiger partial charge on any atom is -0.494 e. The second-order valence-corrected chi connectivity index (χ2v) is 9.72. The van der Waals surface area contributed by atoms with E-state index in [0.29, 0.717) is 40.4 Å². The molecule has 6 nitrogen and oxygen atoms in total. The van der Waals surface area contributed by atoms with Crippen LogP contribution in [0.5, 0.6) is 17.2 Å². The van der Waals surface area contributed by atoms with Crippen LogP contribution in [0.1, 0.15) is 33.2 Å². The molecular weight excluding hydrogens is 560 g/mol. The van der Waals surface area contributed by atoms with Gasteiger partial charge in [-0.3, -0.25) is 4.79 Å². The molecule has 192 valence electrons. The fourth-order valence-corrected chi connectivity index (χ4v) is 4.69. The van der Waals surface area contributed by atoms with E-state index in [1.54, 1.807) is 42.5 Å². The van der Waals surface area contributed by atoms with Crippen molar-refractivity contribution in [2.75, 3.05) is 6.61 Å². The maximum Gasteiger partial charge on any atom is 0.348 e. The molecular formula is C32H21BrO6. The molecule has 0 N–H and O–H groups in total. The van der Waals surface area contributed by atoms with Crippen LogP contribution in [0.4, 0.5) is 0 Å². The number of rotatable bonds is 6. The summed E-state index contributed by atoms with van der Waals surface area (Å²) in [6.07, 6.45) is 1.68. The Morgan fingerprint density at radius 1 is 0.923 bits per heavy atom. The average Bonchev–Trinajstić information content (AvgIpc) is 3.47. The Hall–Kier alpha value is -4.62. The number of allylic oxidation sites excluding steroid dienone is 1. The van der Waals surface area contributed by atoms with Gasteiger partial charge in [0.2, 0.25) is 5.78 Å². The summed E-state index contributed by atoms with van der Waals surface area (Å²) in [5.41, 5.74) is 2.79. The van der Waals surface area contributed by atoms with Crippen molar-refractivity contribution in [1.82, 2.24) is 0 Å². The van der Waals surface area contributed by atoms with Crippen molar-refractivity contribution >= 4 is 44.7 Å². The summed E-state index contributed by atoms with van der Waals surface area (Å²) in [5, 5.41) is 0.581. The van der Waals surface area contributed by atoms with E-state index >= 15 is 0 Å². The van der Waals surface area contributed by atoms with Gasteiger partial charge < -0.3 is 18.6 Å². The number of carbonyl (C=O) groups excluding carboxylic acids is 2. The van der Waals surface area contributed by atoms with Crippen molar-refractivity contribution in [2.24, 2.45) is 0 Å². The van der Waals surface area contributed by atoms with Gasteiger partial charge in [-0.1, -0.05) is 58.4 Å². The monoisotopic (exact) mass is 580 g/mol. The number of hydrogen-bond acceptors (Lipinski definition) is 6. The lowest BCUT2D eigenvalue weighted by Crippen LogP contribution is -2.09. The zero-order valence-electron chi connectivity index (χ0n) is 20.8. The highest BCUT2D eigenvalue weighted by molar-refractivity contribution is 9.10. The summed E-state index contributed by atoms with van der Waals surface area (Å²) < 4.78 is 24.3. The van der Waals surface area contributed by atoms with Crippen molar-refractivity contribution in [1.29, 1.82) is 0 Å². The van der Waals surface area contributed by atoms with Crippen molar-refractivity contribution in [3.8, 4) is 28.6 Å². The van der Waals surface area contributed by atoms with Crippen LogP contribution in [-0.4, -0.2) is 18.4 Å². The molecule has 39 heavy (non-hydrogen) atoms. The zero-order valence-corrected chi connectivity index (χ0v) is 22.4. The van der Waals surface area contributed by atoms with Gasteiger partial charge >= 0.3 is 5.97 Å². The van der Waals surface area contributed by atoms with Crippen molar-refractivity contribution in [3.63, 3.8) is 0 Å². The van der Waals surface area contributed by atoms with E-state index in [-0.39, 0.29) is 22.9 Å². The highest BCUT2D eigenvalue weighted by Crippen LogP contribution is 2.38. The van der Waals surface area contributed by atoms with E-state index in [1.165, 1.54) is 0 Å². The quantitative estimate of drug-likeness (QED) is 0.115. The van der Waals surface area contributed by atoms with E-state index < -0.39 is 5.97 Å². The van der Waals surface area contributed by atoms with Crippen LogP contribution in [0.3, 0.4) is 0 Å². The van der Waals surface area contributed by atoms with Gasteiger partial charge in [-0.2, -0.15) is 0 Å². The maximum atomic E-state index is 13.6. The normalized spacial score (nSPS) is 13.4. The molecule has 6 rings (SSSR count). The summed E-state index contributed by atoms with van der Waals surface area (Å²) in [4.78, 5) is 26.5. The van der Waals surface area contributed by atoms with Crippen LogP contribution in [0.2, 0.25) is 0 Å². The number of halogens is 1. The number of ether oxygens (including phenoxy) is 3. The third-order valence-corrected chi connectivity index (χ3v) is 6.76. The Labute approximate surface area is 232 Å². The van der Waals surface area contributed by atoms with Gasteiger partial charge in [0.15, 0.2) is 5.76 Å². The van der Waals surface area contributed by atoms with Gasteiger partial charge in [0, 0.05) is 21.5 Å². The summed E-state index contributed by atoms with van der Waals surface area (Å²) in [5.74, 6) is 0.952. The summed E-state index contributed by atoms with van der Waals surface area (Å²) >= 11 is 3.40. The Kier molecular flexibility index (Phi) is 6.50. The maximum absolute atomic E-state index is 13.6. The molecule has 0 atom stereocenters. The number of Topliss-reactive ketones (excluding diaryl/α,β-unsaturated/α-hetero) is 1. The first-order valence-electron chi connectivity index (χ1n) is 12.3. The molecule has 0 fully saturated rings. The van der Waals surface area contributed by atoms with E-state index in [0.717, 1.165) is 15.6 Å². The molecule has 0 radical (unpaired) electrons. The predicted octanol–water partition coefficient (Wildman–Crippen LogP) is 8.10. The van der Waals surface area contributed by atoms with E-state index in [1.807, 2.05) is 61.5 Å². The zero-order chi connectivity index (χ0) is 26.9. The van der Waals surface area contributed by atoms with Gasteiger partial charge in [0.1, 0.15) is 34.2 Å². The number of furan rings is 1. The lowest BCUT2D eigenvalue weighted by atomic mass is 10.1. The molecule has 0 saturated heterocycles. The number of ketones is 1. The minimum atomic E-state index is -0.601. The van der Waals surface area contributed by atoms with Crippen molar-refractivity contribution in [2.45, 2.75) is 6.92 Å². The third kappa shape index (κ3) is 4.84. The largest absolute Gasteiger partial charge is 0.494 e. The first-order chi connectivity index (χ1) is 19.0. The molecule has 0 bridgehead atoms. The van der Waals surface area contributed by atoms with Crippen LogP contribution in [0.15, 0.2) is 106 Å². The van der Waals surface area contributed by atoms with Gasteiger partial charge in [0.25, 0.3) is 0 Å². The van der Waals surface area contributed by atoms with Gasteiger partial charge in [-0.05, 0) is 61.0 Å². The number of benzene rings is 4. The topological polar surface area (TPSA) is 75.0 Å². The molecule has 1 aliphatic heterocycles.